The molecule has 2 aromatic carbocycles. The highest BCUT2D eigenvalue weighted by Crippen LogP contribution is 2.32. The van der Waals surface area contributed by atoms with Crippen LogP contribution < -0.4 is 15.4 Å². The quantitative estimate of drug-likeness (QED) is 0.698. The lowest BCUT2D eigenvalue weighted by molar-refractivity contribution is -0.130. The van der Waals surface area contributed by atoms with Gasteiger partial charge in [-0.3, -0.25) is 14.4 Å². The van der Waals surface area contributed by atoms with E-state index >= 15 is 0 Å². The standard InChI is InChI=1S/C25H28FN3O5/c1-3-23(30)27-17-7-10-21-19(12-17)25(32)29(2)20-9-8-18(34-22(20)14-33-21)13-24(31)28-16-6-4-5-15(26)11-16/h4-7,10-12,18,20,22H,3,8-9,13-14H2,1-2H3,(H,27,30)(H,28,31)/t18-,20+,22-/m1/s1. The number of hydrogen-bond acceptors (Lipinski definition) is 5. The number of carbonyl (C=O) groups excluding carboxylic acids is 3. The summed E-state index contributed by atoms with van der Waals surface area (Å²) in [7, 11) is 1.73. The first-order chi connectivity index (χ1) is 16.3. The van der Waals surface area contributed by atoms with E-state index in [-0.39, 0.29) is 42.9 Å². The Morgan fingerprint density at radius 2 is 1.85 bits per heavy atom. The Morgan fingerprint density at radius 3 is 2.62 bits per heavy atom. The number of fused-ring (bicyclic) bond motifs is 2. The minimum absolute atomic E-state index is 0.120. The summed E-state index contributed by atoms with van der Waals surface area (Å²) in [6, 6.07) is 10.5. The Balaban J connectivity index is 1.43. The normalized spacial score (nSPS) is 21.9. The van der Waals surface area contributed by atoms with Crippen molar-refractivity contribution in [3.63, 3.8) is 0 Å². The molecule has 8 nitrogen and oxygen atoms in total. The number of likely N-dealkylation sites (N-methyl/N-ethyl adjacent to an activating group) is 1. The molecule has 180 valence electrons. The zero-order chi connectivity index (χ0) is 24.2. The number of halogens is 1. The molecule has 3 atom stereocenters. The molecule has 0 radical (unpaired) electrons. The summed E-state index contributed by atoms with van der Waals surface area (Å²) in [6.07, 6.45) is 0.956. The second-order valence-electron chi connectivity index (χ2n) is 8.54. The largest absolute Gasteiger partial charge is 0.490 e. The van der Waals surface area contributed by atoms with Gasteiger partial charge in [0.2, 0.25) is 11.8 Å². The third-order valence-corrected chi connectivity index (χ3v) is 6.14. The molecular formula is C25H28FN3O5. The van der Waals surface area contributed by atoms with Crippen LogP contribution in [0.4, 0.5) is 15.8 Å². The van der Waals surface area contributed by atoms with E-state index in [0.717, 1.165) is 0 Å². The van der Waals surface area contributed by atoms with Crippen LogP contribution in [0.1, 0.15) is 43.0 Å². The van der Waals surface area contributed by atoms with Crippen LogP contribution >= 0.6 is 0 Å². The fourth-order valence-corrected chi connectivity index (χ4v) is 4.34. The van der Waals surface area contributed by atoms with Crippen LogP contribution in [0.3, 0.4) is 0 Å². The number of nitrogens with one attached hydrogen (secondary N) is 2. The highest BCUT2D eigenvalue weighted by Gasteiger charge is 2.39. The zero-order valence-electron chi connectivity index (χ0n) is 19.2. The molecular weight excluding hydrogens is 441 g/mol. The summed E-state index contributed by atoms with van der Waals surface area (Å²) in [5.41, 5.74) is 1.31. The van der Waals surface area contributed by atoms with Crippen LogP contribution in [-0.2, 0) is 14.3 Å². The average Bonchev–Trinajstić information content (AvgIpc) is 2.81. The molecule has 3 amide bonds. The third kappa shape index (κ3) is 5.36. The molecule has 1 saturated heterocycles. The molecule has 0 aromatic heterocycles. The molecule has 2 aliphatic heterocycles. The van der Waals surface area contributed by atoms with Gasteiger partial charge in [0.25, 0.3) is 5.91 Å². The van der Waals surface area contributed by atoms with Crippen molar-refractivity contribution >= 4 is 29.1 Å². The van der Waals surface area contributed by atoms with Crippen molar-refractivity contribution in [2.75, 3.05) is 24.3 Å². The van der Waals surface area contributed by atoms with Crippen molar-refractivity contribution in [2.45, 2.75) is 50.9 Å². The number of nitrogens with zero attached hydrogens (tertiary/aromatic N) is 1. The van der Waals surface area contributed by atoms with Crippen molar-refractivity contribution in [3.05, 3.63) is 53.8 Å². The zero-order valence-corrected chi connectivity index (χ0v) is 19.2. The first kappa shape index (κ1) is 23.7. The van der Waals surface area contributed by atoms with E-state index in [9.17, 15) is 18.8 Å². The highest BCUT2D eigenvalue weighted by molar-refractivity contribution is 5.99. The molecule has 1 fully saturated rings. The maximum atomic E-state index is 13.4. The van der Waals surface area contributed by atoms with Gasteiger partial charge in [-0.15, -0.1) is 0 Å². The first-order valence-corrected chi connectivity index (χ1v) is 11.4. The highest BCUT2D eigenvalue weighted by atomic mass is 19.1. The van der Waals surface area contributed by atoms with E-state index < -0.39 is 11.9 Å². The SMILES string of the molecule is CCC(=O)Nc1ccc2c(c1)C(=O)N(C)[C@H]1CC[C@H](CC(=O)Nc3cccc(F)c3)O[C@@H]1CO2. The molecule has 0 spiro atoms. The van der Waals surface area contributed by atoms with Crippen LogP contribution in [0.15, 0.2) is 42.5 Å². The van der Waals surface area contributed by atoms with Gasteiger partial charge in [-0.25, -0.2) is 4.39 Å². The minimum atomic E-state index is -0.422. The predicted molar refractivity (Wildman–Crippen MR) is 124 cm³/mol. The second-order valence-corrected chi connectivity index (χ2v) is 8.54. The minimum Gasteiger partial charge on any atom is -0.490 e. The molecule has 4 rings (SSSR count). The molecule has 2 aromatic rings. The first-order valence-electron chi connectivity index (χ1n) is 11.4. The van der Waals surface area contributed by atoms with Crippen molar-refractivity contribution in [1.82, 2.24) is 4.90 Å². The number of ether oxygens (including phenoxy) is 2. The van der Waals surface area contributed by atoms with Crippen LogP contribution in [0, 0.1) is 5.82 Å². The van der Waals surface area contributed by atoms with E-state index in [2.05, 4.69) is 10.6 Å². The summed E-state index contributed by atoms with van der Waals surface area (Å²) in [5, 5.41) is 5.46. The molecule has 9 heteroatoms. The lowest BCUT2D eigenvalue weighted by Gasteiger charge is -2.42. The van der Waals surface area contributed by atoms with Gasteiger partial charge in [-0.05, 0) is 49.2 Å². The molecule has 2 aliphatic rings. The Morgan fingerprint density at radius 1 is 1.09 bits per heavy atom. The number of rotatable bonds is 5. The van der Waals surface area contributed by atoms with E-state index in [1.165, 1.54) is 18.2 Å². The Labute approximate surface area is 197 Å². The van der Waals surface area contributed by atoms with Gasteiger partial charge < -0.3 is 25.0 Å². The number of amides is 3. The van der Waals surface area contributed by atoms with Crippen LogP contribution in [-0.4, -0.2) is 54.5 Å². The third-order valence-electron chi connectivity index (χ3n) is 6.14. The van der Waals surface area contributed by atoms with Crippen molar-refractivity contribution < 1.29 is 28.2 Å². The molecule has 0 unspecified atom stereocenters. The predicted octanol–water partition coefficient (Wildman–Crippen LogP) is 3.58. The Hall–Kier alpha value is -3.46. The topological polar surface area (TPSA) is 97.0 Å². The Bertz CT molecular complexity index is 1090. The van der Waals surface area contributed by atoms with Crippen molar-refractivity contribution in [1.29, 1.82) is 0 Å². The van der Waals surface area contributed by atoms with Gasteiger partial charge in [0, 0.05) is 24.8 Å². The van der Waals surface area contributed by atoms with Gasteiger partial charge in [-0.2, -0.15) is 0 Å². The number of hydrogen-bond donors (Lipinski definition) is 2. The van der Waals surface area contributed by atoms with Gasteiger partial charge >= 0.3 is 0 Å². The fraction of sp³-hybridized carbons (Fsp3) is 0.400. The molecule has 0 bridgehead atoms. The van der Waals surface area contributed by atoms with E-state index in [1.54, 1.807) is 43.1 Å². The summed E-state index contributed by atoms with van der Waals surface area (Å²) >= 11 is 0. The van der Waals surface area contributed by atoms with Crippen LogP contribution in [0.25, 0.3) is 0 Å². The number of anilines is 2. The van der Waals surface area contributed by atoms with Gasteiger partial charge in [-0.1, -0.05) is 13.0 Å². The van der Waals surface area contributed by atoms with Crippen molar-refractivity contribution in [2.24, 2.45) is 0 Å². The monoisotopic (exact) mass is 469 g/mol. The summed E-state index contributed by atoms with van der Waals surface area (Å²) in [4.78, 5) is 39.1. The van der Waals surface area contributed by atoms with Gasteiger partial charge in [0.05, 0.1) is 24.1 Å². The van der Waals surface area contributed by atoms with E-state index in [0.29, 0.717) is 42.0 Å². The molecule has 2 heterocycles. The number of benzene rings is 2. The van der Waals surface area contributed by atoms with Crippen LogP contribution in [0.5, 0.6) is 5.75 Å². The van der Waals surface area contributed by atoms with Crippen LogP contribution in [0.2, 0.25) is 0 Å². The lowest BCUT2D eigenvalue weighted by Crippen LogP contribution is -2.53. The summed E-state index contributed by atoms with van der Waals surface area (Å²) < 4.78 is 25.5. The van der Waals surface area contributed by atoms with Gasteiger partial charge in [0.15, 0.2) is 0 Å². The molecule has 0 saturated carbocycles. The molecule has 2 N–H and O–H groups in total. The second kappa shape index (κ2) is 10.2. The smallest absolute Gasteiger partial charge is 0.257 e. The van der Waals surface area contributed by atoms with E-state index in [4.69, 9.17) is 9.47 Å². The summed E-state index contributed by atoms with van der Waals surface area (Å²) in [5.74, 6) is -0.630. The molecule has 34 heavy (non-hydrogen) atoms. The van der Waals surface area contributed by atoms with E-state index in [1.807, 2.05) is 0 Å². The molecule has 0 aliphatic carbocycles. The maximum Gasteiger partial charge on any atom is 0.257 e. The summed E-state index contributed by atoms with van der Waals surface area (Å²) in [6.45, 7) is 1.98. The number of carbonyl (C=O) groups is 3. The van der Waals surface area contributed by atoms with Gasteiger partial charge in [0.1, 0.15) is 24.3 Å². The van der Waals surface area contributed by atoms with Crippen molar-refractivity contribution in [3.8, 4) is 5.75 Å². The maximum absolute atomic E-state index is 13.4. The Kier molecular flexibility index (Phi) is 7.12. The fourth-order valence-electron chi connectivity index (χ4n) is 4.34. The lowest BCUT2D eigenvalue weighted by atomic mass is 9.94. The average molecular weight is 470 g/mol.